The Bertz CT molecular complexity index is 1170. The van der Waals surface area contributed by atoms with E-state index in [9.17, 15) is 34.4 Å². The number of carbonyl (C=O) groups excluding carboxylic acids is 2. The zero-order valence-corrected chi connectivity index (χ0v) is 37.0. The molecule has 0 bridgehead atoms. The Hall–Kier alpha value is -1.89. The summed E-state index contributed by atoms with van der Waals surface area (Å²) in [6.45, 7) is 3.36. The molecule has 1 saturated carbocycles. The molecule has 0 saturated heterocycles. The zero-order valence-electron chi connectivity index (χ0n) is 36.1. The minimum absolute atomic E-state index is 0.0203. The van der Waals surface area contributed by atoms with E-state index in [1.807, 2.05) is 6.08 Å². The number of rotatable bonds is 38. The fourth-order valence-corrected chi connectivity index (χ4v) is 7.94. The van der Waals surface area contributed by atoms with E-state index < -0.39 is 50.8 Å². The molecule has 13 heteroatoms. The molecule has 0 amide bonds. The highest BCUT2D eigenvalue weighted by molar-refractivity contribution is 7.47. The van der Waals surface area contributed by atoms with Gasteiger partial charge in [-0.2, -0.15) is 0 Å². The predicted octanol–water partition coefficient (Wildman–Crippen LogP) is 9.32. The van der Waals surface area contributed by atoms with Crippen LogP contribution in [-0.4, -0.2) is 82.9 Å². The van der Waals surface area contributed by atoms with E-state index >= 15 is 0 Å². The van der Waals surface area contributed by atoms with Crippen molar-refractivity contribution in [2.24, 2.45) is 17.6 Å². The van der Waals surface area contributed by atoms with Gasteiger partial charge in [-0.05, 0) is 63.7 Å². The number of nitrogens with two attached hydrogens (primary N) is 1. The van der Waals surface area contributed by atoms with Gasteiger partial charge in [0.15, 0.2) is 6.10 Å². The number of ether oxygens (including phenoxy) is 2. The third-order valence-electron chi connectivity index (χ3n) is 10.6. The molecule has 0 aromatic carbocycles. The molecule has 1 rings (SSSR count). The van der Waals surface area contributed by atoms with Gasteiger partial charge in [0.1, 0.15) is 6.61 Å². The first-order chi connectivity index (χ1) is 28.0. The van der Waals surface area contributed by atoms with Crippen LogP contribution in [0.5, 0.6) is 0 Å². The van der Waals surface area contributed by atoms with Gasteiger partial charge in [-0.1, -0.05) is 134 Å². The number of phosphoric acid groups is 1. The van der Waals surface area contributed by atoms with Gasteiger partial charge in [-0.25, -0.2) is 4.57 Å². The quantitative estimate of drug-likeness (QED) is 0.0171. The lowest BCUT2D eigenvalue weighted by molar-refractivity contribution is -0.161. The summed E-state index contributed by atoms with van der Waals surface area (Å²) in [7, 11) is -4.43. The number of phosphoric ester groups is 1. The Morgan fingerprint density at radius 2 is 1.33 bits per heavy atom. The first-order valence-electron chi connectivity index (χ1n) is 22.7. The van der Waals surface area contributed by atoms with Crippen molar-refractivity contribution in [3.63, 3.8) is 0 Å². The van der Waals surface area contributed by atoms with Crippen molar-refractivity contribution < 1.29 is 52.9 Å². The van der Waals surface area contributed by atoms with E-state index in [1.54, 1.807) is 6.08 Å². The third-order valence-corrected chi connectivity index (χ3v) is 11.6. The van der Waals surface area contributed by atoms with Crippen LogP contribution in [0.3, 0.4) is 0 Å². The number of aliphatic hydroxyl groups excluding tert-OH is 3. The Kier molecular flexibility index (Phi) is 33.4. The van der Waals surface area contributed by atoms with Gasteiger partial charge >= 0.3 is 19.8 Å². The van der Waals surface area contributed by atoms with E-state index in [1.165, 1.54) is 38.5 Å². The maximum absolute atomic E-state index is 12.6. The number of aliphatic hydroxyl groups is 3. The van der Waals surface area contributed by atoms with Crippen molar-refractivity contribution in [3.8, 4) is 0 Å². The van der Waals surface area contributed by atoms with Crippen LogP contribution in [0.15, 0.2) is 36.5 Å². The summed E-state index contributed by atoms with van der Waals surface area (Å²) in [4.78, 5) is 35.1. The summed E-state index contributed by atoms with van der Waals surface area (Å²) >= 11 is 0. The maximum Gasteiger partial charge on any atom is 0.472 e. The number of carbonyl (C=O) groups is 2. The van der Waals surface area contributed by atoms with Crippen LogP contribution >= 0.6 is 7.82 Å². The van der Waals surface area contributed by atoms with E-state index in [2.05, 4.69) is 38.2 Å². The van der Waals surface area contributed by atoms with E-state index in [-0.39, 0.29) is 44.4 Å². The van der Waals surface area contributed by atoms with Crippen molar-refractivity contribution in [1.29, 1.82) is 0 Å². The van der Waals surface area contributed by atoms with Gasteiger partial charge in [-0.15, -0.1) is 0 Å². The van der Waals surface area contributed by atoms with E-state index in [4.69, 9.17) is 24.3 Å². The molecule has 0 radical (unpaired) electrons. The molecule has 12 nitrogen and oxygen atoms in total. The molecular formula is C45H82NO11P. The molecule has 0 aliphatic heterocycles. The van der Waals surface area contributed by atoms with Crippen LogP contribution in [0.2, 0.25) is 0 Å². The Morgan fingerprint density at radius 3 is 1.98 bits per heavy atom. The summed E-state index contributed by atoms with van der Waals surface area (Å²) in [5, 5.41) is 31.4. The molecule has 0 aromatic rings. The van der Waals surface area contributed by atoms with Gasteiger partial charge in [0.25, 0.3) is 0 Å². The average molecular weight is 844 g/mol. The first kappa shape index (κ1) is 54.1. The van der Waals surface area contributed by atoms with Crippen molar-refractivity contribution in [3.05, 3.63) is 36.5 Å². The third kappa shape index (κ3) is 29.4. The Labute approximate surface area is 351 Å². The molecule has 338 valence electrons. The lowest BCUT2D eigenvalue weighted by atomic mass is 9.88. The van der Waals surface area contributed by atoms with Crippen LogP contribution < -0.4 is 5.73 Å². The molecule has 58 heavy (non-hydrogen) atoms. The fourth-order valence-electron chi connectivity index (χ4n) is 7.17. The average Bonchev–Trinajstić information content (AvgIpc) is 3.47. The molecule has 0 spiro atoms. The second kappa shape index (κ2) is 35.8. The normalized spacial score (nSPS) is 20.6. The number of allylic oxidation sites excluding steroid dienone is 4. The molecule has 0 heterocycles. The summed E-state index contributed by atoms with van der Waals surface area (Å²) in [6.07, 6.45) is 32.3. The second-order valence-corrected chi connectivity index (χ2v) is 17.3. The van der Waals surface area contributed by atoms with Gasteiger partial charge in [0.05, 0.1) is 31.5 Å². The SMILES string of the molecule is CCCCC/C=C\C/C=C\CCCCCCCCCC(=O)O[C@H](COC(=O)CCCCCC[C@@H]1[C@@H](/C=C/[C@@H](O)CCCCC)[C@H](O)C[C@@H]1O)COP(=O)(O)OCCN. The lowest BCUT2D eigenvalue weighted by Crippen LogP contribution is -2.29. The van der Waals surface area contributed by atoms with Crippen molar-refractivity contribution in [2.45, 2.75) is 199 Å². The standard InChI is InChI=1S/C45H82NO11P/c1-3-5-7-8-9-10-11-12-13-14-15-16-17-18-19-20-26-30-45(51)57-39(37-56-58(52,53)55-34-33-46)36-54-44(50)29-25-22-21-24-28-40-41(43(49)35-42(40)48)32-31-38(47)27-23-6-4-2/h9-10,12-13,31-32,38-43,47-49H,3-8,11,14-30,33-37,46H2,1-2H3,(H,52,53)/b10-9-,13-12-,32-31+/t38-,39+,40+,41+,42-,43+/m0/s1. The monoisotopic (exact) mass is 844 g/mol. The van der Waals surface area contributed by atoms with Crippen LogP contribution in [0, 0.1) is 11.8 Å². The first-order valence-corrected chi connectivity index (χ1v) is 24.2. The van der Waals surface area contributed by atoms with E-state index in [0.717, 1.165) is 83.5 Å². The molecule has 7 atom stereocenters. The largest absolute Gasteiger partial charge is 0.472 e. The smallest absolute Gasteiger partial charge is 0.462 e. The van der Waals surface area contributed by atoms with Gasteiger partial charge in [0, 0.05) is 31.7 Å². The minimum Gasteiger partial charge on any atom is -0.462 e. The fraction of sp³-hybridized carbons (Fsp3) is 0.822. The van der Waals surface area contributed by atoms with Crippen molar-refractivity contribution in [2.75, 3.05) is 26.4 Å². The second-order valence-electron chi connectivity index (χ2n) is 15.9. The summed E-state index contributed by atoms with van der Waals surface area (Å²) in [6, 6.07) is 0. The Morgan fingerprint density at radius 1 is 0.741 bits per heavy atom. The molecule has 1 aliphatic rings. The molecule has 0 aromatic heterocycles. The van der Waals surface area contributed by atoms with Crippen LogP contribution in [0.1, 0.15) is 174 Å². The Balaban J connectivity index is 2.35. The zero-order chi connectivity index (χ0) is 42.7. The number of esters is 2. The predicted molar refractivity (Wildman–Crippen MR) is 231 cm³/mol. The lowest BCUT2D eigenvalue weighted by Gasteiger charge is -2.21. The van der Waals surface area contributed by atoms with Crippen molar-refractivity contribution in [1.82, 2.24) is 0 Å². The molecule has 1 unspecified atom stereocenters. The highest BCUT2D eigenvalue weighted by Gasteiger charge is 2.39. The van der Waals surface area contributed by atoms with Crippen LogP contribution in [0.4, 0.5) is 0 Å². The van der Waals surface area contributed by atoms with Gasteiger partial charge in [-0.3, -0.25) is 18.6 Å². The summed E-state index contributed by atoms with van der Waals surface area (Å²) in [5.74, 6) is -1.25. The van der Waals surface area contributed by atoms with Crippen molar-refractivity contribution >= 4 is 19.8 Å². The van der Waals surface area contributed by atoms with E-state index in [0.29, 0.717) is 25.7 Å². The topological polar surface area (TPSA) is 195 Å². The minimum atomic E-state index is -4.43. The maximum atomic E-state index is 12.6. The number of unbranched alkanes of at least 4 members (excludes halogenated alkanes) is 15. The molecule has 1 aliphatic carbocycles. The van der Waals surface area contributed by atoms with Crippen LogP contribution in [-0.2, 0) is 32.7 Å². The number of hydrogen-bond acceptors (Lipinski definition) is 11. The van der Waals surface area contributed by atoms with Gasteiger partial charge in [0.2, 0.25) is 0 Å². The molecule has 1 fully saturated rings. The van der Waals surface area contributed by atoms with Crippen LogP contribution in [0.25, 0.3) is 0 Å². The highest BCUT2D eigenvalue weighted by Crippen LogP contribution is 2.43. The highest BCUT2D eigenvalue weighted by atomic mass is 31.2. The summed E-state index contributed by atoms with van der Waals surface area (Å²) in [5.41, 5.74) is 5.35. The summed E-state index contributed by atoms with van der Waals surface area (Å²) < 4.78 is 32.8. The van der Waals surface area contributed by atoms with Gasteiger partial charge < -0.3 is 35.4 Å². The number of hydrogen-bond donors (Lipinski definition) is 5. The molecule has 6 N–H and O–H groups in total. The molecular weight excluding hydrogens is 761 g/mol.